The lowest BCUT2D eigenvalue weighted by molar-refractivity contribution is -0.119. The molecule has 2 atom stereocenters. The standard InChI is InChI=1S/C20H26FN3O7/c1-13(25)22-10-15-11-24(19(28)31-15)14-3-4-17(16(21)9-14)30-12-20(29)5-2-7-23(8-6-20)18(26)27/h3-4,9,15,29H,2,5-8,10-12H2,1H3,(H,22,25)(H,26,27)/t15-,20?/m0/s1. The Labute approximate surface area is 178 Å². The van der Waals surface area contributed by atoms with Crippen LogP contribution < -0.4 is 15.0 Å². The molecule has 0 saturated carbocycles. The number of ether oxygens (including phenoxy) is 2. The van der Waals surface area contributed by atoms with Gasteiger partial charge in [-0.3, -0.25) is 9.69 Å². The van der Waals surface area contributed by atoms with Crippen molar-refractivity contribution in [2.45, 2.75) is 37.9 Å². The maximum absolute atomic E-state index is 14.6. The summed E-state index contributed by atoms with van der Waals surface area (Å²) >= 11 is 0. The molecule has 3 rings (SSSR count). The van der Waals surface area contributed by atoms with Crippen molar-refractivity contribution in [3.63, 3.8) is 0 Å². The molecular formula is C20H26FN3O7. The topological polar surface area (TPSA) is 129 Å². The third-order valence-corrected chi connectivity index (χ3v) is 5.36. The molecule has 1 aromatic carbocycles. The number of halogens is 1. The van der Waals surface area contributed by atoms with Gasteiger partial charge in [-0.25, -0.2) is 14.0 Å². The molecule has 0 spiro atoms. The minimum absolute atomic E-state index is 0.0844. The van der Waals surface area contributed by atoms with Crippen molar-refractivity contribution >= 4 is 23.8 Å². The van der Waals surface area contributed by atoms with Gasteiger partial charge in [0.2, 0.25) is 5.91 Å². The summed E-state index contributed by atoms with van der Waals surface area (Å²) in [4.78, 5) is 36.7. The molecule has 10 nitrogen and oxygen atoms in total. The lowest BCUT2D eigenvalue weighted by atomic mass is 9.96. The minimum Gasteiger partial charge on any atom is -0.488 e. The number of aliphatic hydroxyl groups is 1. The minimum atomic E-state index is -1.26. The molecule has 2 saturated heterocycles. The Kier molecular flexibility index (Phi) is 6.84. The van der Waals surface area contributed by atoms with Gasteiger partial charge in [0.05, 0.1) is 18.8 Å². The van der Waals surface area contributed by atoms with Gasteiger partial charge in [0.1, 0.15) is 18.3 Å². The van der Waals surface area contributed by atoms with Gasteiger partial charge in [-0.2, -0.15) is 0 Å². The molecule has 170 valence electrons. The number of amides is 3. The van der Waals surface area contributed by atoms with E-state index in [0.717, 1.165) is 6.07 Å². The van der Waals surface area contributed by atoms with Crippen LogP contribution in [0.4, 0.5) is 19.7 Å². The van der Waals surface area contributed by atoms with Gasteiger partial charge < -0.3 is 29.9 Å². The first-order valence-corrected chi connectivity index (χ1v) is 10.0. The third kappa shape index (κ3) is 5.75. The van der Waals surface area contributed by atoms with Crippen LogP contribution >= 0.6 is 0 Å². The summed E-state index contributed by atoms with van der Waals surface area (Å²) in [6.07, 6.45) is -1.21. The van der Waals surface area contributed by atoms with Gasteiger partial charge in [0.15, 0.2) is 11.6 Å². The average molecular weight is 439 g/mol. The van der Waals surface area contributed by atoms with E-state index in [9.17, 15) is 23.9 Å². The largest absolute Gasteiger partial charge is 0.488 e. The number of carbonyl (C=O) groups is 3. The summed E-state index contributed by atoms with van der Waals surface area (Å²) < 4.78 is 25.2. The van der Waals surface area contributed by atoms with Gasteiger partial charge in [0, 0.05) is 26.1 Å². The summed E-state index contributed by atoms with van der Waals surface area (Å²) in [7, 11) is 0. The Hall–Kier alpha value is -3.08. The highest BCUT2D eigenvalue weighted by atomic mass is 19.1. The highest BCUT2D eigenvalue weighted by Crippen LogP contribution is 2.29. The highest BCUT2D eigenvalue weighted by molar-refractivity contribution is 5.90. The molecule has 31 heavy (non-hydrogen) atoms. The molecule has 0 aliphatic carbocycles. The summed E-state index contributed by atoms with van der Waals surface area (Å²) in [6.45, 7) is 2.01. The van der Waals surface area contributed by atoms with Crippen LogP contribution in [0.3, 0.4) is 0 Å². The fraction of sp³-hybridized carbons (Fsp3) is 0.550. The quantitative estimate of drug-likeness (QED) is 0.614. The second-order valence-electron chi connectivity index (χ2n) is 7.80. The molecule has 1 aromatic rings. The van der Waals surface area contributed by atoms with E-state index in [1.807, 2.05) is 0 Å². The number of carboxylic acid groups (broad SMARTS) is 1. The van der Waals surface area contributed by atoms with E-state index in [-0.39, 0.29) is 50.0 Å². The van der Waals surface area contributed by atoms with Gasteiger partial charge in [-0.15, -0.1) is 0 Å². The molecule has 2 aliphatic rings. The van der Waals surface area contributed by atoms with Crippen molar-refractivity contribution in [2.75, 3.05) is 37.7 Å². The molecule has 0 aromatic heterocycles. The number of hydrogen-bond acceptors (Lipinski definition) is 6. The zero-order valence-corrected chi connectivity index (χ0v) is 17.2. The van der Waals surface area contributed by atoms with Crippen LogP contribution in [-0.4, -0.2) is 77.7 Å². The van der Waals surface area contributed by atoms with Crippen LogP contribution in [0, 0.1) is 5.82 Å². The van der Waals surface area contributed by atoms with Crippen molar-refractivity contribution in [3.05, 3.63) is 24.0 Å². The smallest absolute Gasteiger partial charge is 0.414 e. The molecule has 3 N–H and O–H groups in total. The second-order valence-corrected chi connectivity index (χ2v) is 7.80. The molecule has 0 bridgehead atoms. The number of hydrogen-bond donors (Lipinski definition) is 3. The van der Waals surface area contributed by atoms with E-state index in [4.69, 9.17) is 14.6 Å². The van der Waals surface area contributed by atoms with Crippen molar-refractivity contribution in [1.29, 1.82) is 0 Å². The molecule has 1 unspecified atom stereocenters. The van der Waals surface area contributed by atoms with Crippen LogP contribution in [0.2, 0.25) is 0 Å². The molecule has 0 radical (unpaired) electrons. The Morgan fingerprint density at radius 3 is 2.81 bits per heavy atom. The van der Waals surface area contributed by atoms with E-state index in [1.54, 1.807) is 0 Å². The van der Waals surface area contributed by atoms with Crippen LogP contribution in [0.15, 0.2) is 18.2 Å². The second kappa shape index (κ2) is 9.38. The summed E-state index contributed by atoms with van der Waals surface area (Å²) in [6, 6.07) is 4.01. The van der Waals surface area contributed by atoms with E-state index in [0.29, 0.717) is 19.4 Å². The summed E-state index contributed by atoms with van der Waals surface area (Å²) in [5.74, 6) is -1.04. The lowest BCUT2D eigenvalue weighted by Gasteiger charge is -2.26. The van der Waals surface area contributed by atoms with E-state index in [1.165, 1.54) is 28.9 Å². The Morgan fingerprint density at radius 2 is 2.13 bits per heavy atom. The Morgan fingerprint density at radius 1 is 1.35 bits per heavy atom. The highest BCUT2D eigenvalue weighted by Gasteiger charge is 2.34. The molecule has 2 aliphatic heterocycles. The normalized spacial score (nSPS) is 23.8. The lowest BCUT2D eigenvalue weighted by Crippen LogP contribution is -2.38. The fourth-order valence-corrected chi connectivity index (χ4v) is 3.60. The van der Waals surface area contributed by atoms with Crippen LogP contribution in [0.1, 0.15) is 26.2 Å². The first-order chi connectivity index (χ1) is 14.7. The van der Waals surface area contributed by atoms with E-state index >= 15 is 0 Å². The zero-order valence-electron chi connectivity index (χ0n) is 17.2. The molecule has 2 fully saturated rings. The number of cyclic esters (lactones) is 1. The van der Waals surface area contributed by atoms with Crippen molar-refractivity contribution in [3.8, 4) is 5.75 Å². The monoisotopic (exact) mass is 439 g/mol. The Bertz CT molecular complexity index is 852. The van der Waals surface area contributed by atoms with Gasteiger partial charge in [-0.1, -0.05) is 0 Å². The van der Waals surface area contributed by atoms with Gasteiger partial charge >= 0.3 is 12.2 Å². The van der Waals surface area contributed by atoms with E-state index in [2.05, 4.69) is 5.32 Å². The first-order valence-electron chi connectivity index (χ1n) is 10.0. The maximum atomic E-state index is 14.6. The predicted molar refractivity (Wildman–Crippen MR) is 107 cm³/mol. The number of rotatable bonds is 6. The summed E-state index contributed by atoms with van der Waals surface area (Å²) in [5.41, 5.74) is -0.976. The number of anilines is 1. The van der Waals surface area contributed by atoms with Gasteiger partial charge in [0.25, 0.3) is 0 Å². The number of carbonyl (C=O) groups excluding carboxylic acids is 2. The van der Waals surface area contributed by atoms with Gasteiger partial charge in [-0.05, 0) is 31.4 Å². The average Bonchev–Trinajstić information content (AvgIpc) is 2.96. The first kappa shape index (κ1) is 22.6. The Balaban J connectivity index is 1.59. The molecule has 2 heterocycles. The molecule has 11 heteroatoms. The predicted octanol–water partition coefficient (Wildman–Crippen LogP) is 1.56. The number of nitrogens with one attached hydrogen (secondary N) is 1. The fourth-order valence-electron chi connectivity index (χ4n) is 3.60. The van der Waals surface area contributed by atoms with Crippen LogP contribution in [0.5, 0.6) is 5.75 Å². The van der Waals surface area contributed by atoms with Crippen LogP contribution in [-0.2, 0) is 9.53 Å². The van der Waals surface area contributed by atoms with Crippen LogP contribution in [0.25, 0.3) is 0 Å². The number of nitrogens with zero attached hydrogens (tertiary/aromatic N) is 2. The number of benzene rings is 1. The van der Waals surface area contributed by atoms with E-state index < -0.39 is 29.7 Å². The van der Waals surface area contributed by atoms with Crippen molar-refractivity contribution in [2.24, 2.45) is 0 Å². The third-order valence-electron chi connectivity index (χ3n) is 5.36. The van der Waals surface area contributed by atoms with Crippen molar-refractivity contribution in [1.82, 2.24) is 10.2 Å². The number of likely N-dealkylation sites (tertiary alicyclic amines) is 1. The molecule has 3 amide bonds. The SMILES string of the molecule is CC(=O)NC[C@H]1CN(c2ccc(OCC3(O)CCCN(C(=O)O)CC3)c(F)c2)C(=O)O1. The molecular weight excluding hydrogens is 413 g/mol. The maximum Gasteiger partial charge on any atom is 0.414 e. The summed E-state index contributed by atoms with van der Waals surface area (Å²) in [5, 5.41) is 22.4. The zero-order chi connectivity index (χ0) is 22.6. The van der Waals surface area contributed by atoms with Crippen molar-refractivity contribution < 1.29 is 38.5 Å².